The molecule has 2 unspecified atom stereocenters. The molecule has 286 valence electrons. The van der Waals surface area contributed by atoms with E-state index < -0.39 is 44.7 Å². The molecule has 0 spiro atoms. The third kappa shape index (κ3) is 11.3. The molecule has 0 aliphatic carbocycles. The minimum atomic E-state index is -4.82. The molecule has 1 saturated heterocycles. The Labute approximate surface area is 332 Å². The maximum absolute atomic E-state index is 12.7. The molecule has 4 aromatic rings. The summed E-state index contributed by atoms with van der Waals surface area (Å²) in [6.07, 6.45) is 5.41. The lowest BCUT2D eigenvalue weighted by Crippen LogP contribution is -3.00. The van der Waals surface area contributed by atoms with Crippen molar-refractivity contribution in [2.75, 3.05) is 25.6 Å². The number of carbonyl (C=O) groups excluding carboxylic acids is 1. The number of imidazole rings is 1. The first-order valence-corrected chi connectivity index (χ1v) is 17.5. The number of nitrogens with zero attached hydrogens (tertiary/aromatic N) is 5. The molecule has 0 amide bonds. The van der Waals surface area contributed by atoms with Crippen molar-refractivity contribution in [2.45, 2.75) is 63.3 Å². The molecule has 4 aromatic heterocycles. The van der Waals surface area contributed by atoms with Crippen molar-refractivity contribution in [3.8, 4) is 11.5 Å². The molecule has 0 radical (unpaired) electrons. The SMILES string of the molecule is C[n+]1cc(OCCCCCCCOc2ccc[n+](C)c2C=O)ccc1C(O)OP(=O)(O)OC[C@H]1O[C@@H](n2cnc3c(=O)[nH]c(N)nc32)C[C@@H]1O.[I-].[I-]. The number of H-pyrrole nitrogens is 1. The van der Waals surface area contributed by atoms with E-state index in [0.29, 0.717) is 30.4 Å². The van der Waals surface area contributed by atoms with Gasteiger partial charge in [0.2, 0.25) is 24.1 Å². The predicted molar refractivity (Wildman–Crippen MR) is 174 cm³/mol. The second-order valence-corrected chi connectivity index (χ2v) is 13.2. The fourth-order valence-corrected chi connectivity index (χ4v) is 6.23. The van der Waals surface area contributed by atoms with Crippen LogP contribution in [-0.2, 0) is 32.4 Å². The molecule has 52 heavy (non-hydrogen) atoms. The Hall–Kier alpha value is -2.83. The average Bonchev–Trinajstić information content (AvgIpc) is 3.66. The highest BCUT2D eigenvalue weighted by Crippen LogP contribution is 2.47. The number of aliphatic hydroxyl groups excluding tert-OH is 2. The molecule has 21 heteroatoms. The normalized spacial score (nSPS) is 18.6. The summed E-state index contributed by atoms with van der Waals surface area (Å²) in [7, 11) is -1.40. The zero-order chi connectivity index (χ0) is 35.8. The van der Waals surface area contributed by atoms with Gasteiger partial charge in [0, 0.05) is 18.6 Å². The lowest BCUT2D eigenvalue weighted by atomic mass is 10.1. The van der Waals surface area contributed by atoms with Gasteiger partial charge in [-0.25, -0.2) is 14.1 Å². The molecule has 0 bridgehead atoms. The van der Waals surface area contributed by atoms with E-state index in [1.165, 1.54) is 21.5 Å². The highest BCUT2D eigenvalue weighted by molar-refractivity contribution is 7.47. The van der Waals surface area contributed by atoms with Gasteiger partial charge in [-0.1, -0.05) is 19.3 Å². The van der Waals surface area contributed by atoms with Gasteiger partial charge in [0.15, 0.2) is 28.9 Å². The average molecular weight is 973 g/mol. The summed E-state index contributed by atoms with van der Waals surface area (Å²) in [5.74, 6) is 0.996. The van der Waals surface area contributed by atoms with Crippen LogP contribution in [0.25, 0.3) is 11.2 Å². The van der Waals surface area contributed by atoms with Crippen LogP contribution in [-0.4, -0.2) is 72.9 Å². The number of phosphoric acid groups is 1. The number of fused-ring (bicyclic) bond motifs is 1. The molecule has 6 N–H and O–H groups in total. The van der Waals surface area contributed by atoms with Crippen molar-refractivity contribution < 1.29 is 105 Å². The van der Waals surface area contributed by atoms with Crippen molar-refractivity contribution in [1.82, 2.24) is 19.5 Å². The quantitative estimate of drug-likeness (QED) is 0.0157. The second kappa shape index (κ2) is 20.0. The minimum Gasteiger partial charge on any atom is -1.00 e. The van der Waals surface area contributed by atoms with E-state index >= 15 is 0 Å². The number of hydrogen-bond acceptors (Lipinski definition) is 13. The van der Waals surface area contributed by atoms with Crippen LogP contribution in [0.1, 0.15) is 67.2 Å². The first kappa shape index (κ1) is 43.6. The third-order valence-corrected chi connectivity index (χ3v) is 9.06. The summed E-state index contributed by atoms with van der Waals surface area (Å²) >= 11 is 0. The Bertz CT molecular complexity index is 1900. The van der Waals surface area contributed by atoms with Gasteiger partial charge in [0.1, 0.15) is 26.4 Å². The topological polar surface area (TPSA) is 238 Å². The molecule has 0 saturated carbocycles. The zero-order valence-electron chi connectivity index (χ0n) is 28.4. The lowest BCUT2D eigenvalue weighted by Gasteiger charge is -2.19. The predicted octanol–water partition coefficient (Wildman–Crippen LogP) is -4.95. The van der Waals surface area contributed by atoms with Crippen LogP contribution >= 0.6 is 7.82 Å². The molecule has 0 aromatic carbocycles. The van der Waals surface area contributed by atoms with E-state index in [-0.39, 0.29) is 77.2 Å². The van der Waals surface area contributed by atoms with Crippen molar-refractivity contribution in [3.63, 3.8) is 0 Å². The summed E-state index contributed by atoms with van der Waals surface area (Å²) in [5.41, 5.74) is 5.95. The van der Waals surface area contributed by atoms with Crippen LogP contribution in [0.3, 0.4) is 0 Å². The molecule has 1 aliphatic heterocycles. The number of aryl methyl sites for hydroxylation is 2. The number of nitrogen functional groups attached to an aromatic ring is 1. The highest BCUT2D eigenvalue weighted by Gasteiger charge is 2.39. The van der Waals surface area contributed by atoms with Crippen LogP contribution < -0.4 is 77.9 Å². The zero-order valence-corrected chi connectivity index (χ0v) is 33.6. The van der Waals surface area contributed by atoms with Crippen molar-refractivity contribution in [2.24, 2.45) is 14.1 Å². The highest BCUT2D eigenvalue weighted by atomic mass is 127. The van der Waals surface area contributed by atoms with Crippen LogP contribution in [0, 0.1) is 0 Å². The van der Waals surface area contributed by atoms with Crippen LogP contribution in [0.5, 0.6) is 11.5 Å². The van der Waals surface area contributed by atoms with E-state index in [1.807, 2.05) is 6.07 Å². The van der Waals surface area contributed by atoms with Gasteiger partial charge in [0.25, 0.3) is 17.5 Å². The third-order valence-electron chi connectivity index (χ3n) is 8.12. The van der Waals surface area contributed by atoms with Gasteiger partial charge in [-0.3, -0.25) is 23.7 Å². The van der Waals surface area contributed by atoms with E-state index in [4.69, 9.17) is 29.0 Å². The smallest absolute Gasteiger partial charge is 0.475 e. The summed E-state index contributed by atoms with van der Waals surface area (Å²) in [4.78, 5) is 44.1. The van der Waals surface area contributed by atoms with Gasteiger partial charge in [-0.2, -0.15) is 14.1 Å². The maximum Gasteiger partial charge on any atom is 0.475 e. The minimum absolute atomic E-state index is 0. The number of nitrogens with one attached hydrogen (secondary N) is 1. The van der Waals surface area contributed by atoms with Crippen molar-refractivity contribution in [1.29, 1.82) is 0 Å². The fraction of sp³-hybridized carbons (Fsp3) is 0.484. The summed E-state index contributed by atoms with van der Waals surface area (Å²) in [6.45, 7) is 0.469. The summed E-state index contributed by atoms with van der Waals surface area (Å²) in [6, 6.07) is 6.72. The number of aldehydes is 1. The number of phosphoric ester groups is 1. The Morgan fingerprint density at radius 3 is 2.56 bits per heavy atom. The monoisotopic (exact) mass is 973 g/mol. The molecule has 18 nitrogen and oxygen atoms in total. The lowest BCUT2D eigenvalue weighted by molar-refractivity contribution is -0.686. The molecule has 5 atom stereocenters. The number of anilines is 1. The maximum atomic E-state index is 12.7. The molecule has 1 aliphatic rings. The van der Waals surface area contributed by atoms with Crippen molar-refractivity contribution in [3.05, 3.63) is 64.7 Å². The number of nitrogens with two attached hydrogens (primary N) is 1. The Morgan fingerprint density at radius 1 is 1.13 bits per heavy atom. The molecule has 5 rings (SSSR count). The molecular formula is C31H42I2N7O11P. The molecule has 1 fully saturated rings. The first-order chi connectivity index (χ1) is 24.0. The number of halogens is 2. The number of rotatable bonds is 18. The molecular weight excluding hydrogens is 931 g/mol. The Balaban J connectivity index is 0.00000364. The largest absolute Gasteiger partial charge is 1.00 e. The standard InChI is InChI=1S/C31H40N7O11P.2HI/c1-36-12-8-9-24(22(36)17-39)46-14-7-5-3-4-6-13-45-20-10-11-21(37(2)16-20)30(42)49-50(43,44)47-18-25-23(40)15-26(48-25)38-19-33-27-28(38)34-31(32)35-29(27)41;;/h8-12,16-17,19,23,25-26,30,40,42H,3-7,13-15,18H2,1-2H3,(H2-2,32,34,35,41,43,44);2*1H/t23-,25+,26+,30?;;/m0../s1. The number of unbranched alkanes of at least 4 members (excludes halogenated alkanes) is 4. The van der Waals surface area contributed by atoms with Crippen LogP contribution in [0.15, 0.2) is 47.8 Å². The molecule has 5 heterocycles. The number of ether oxygens (including phenoxy) is 3. The van der Waals surface area contributed by atoms with E-state index in [0.717, 1.165) is 38.4 Å². The van der Waals surface area contributed by atoms with Gasteiger partial charge in [0.05, 0.1) is 32.3 Å². The second-order valence-electron chi connectivity index (χ2n) is 11.8. The van der Waals surface area contributed by atoms with Gasteiger partial charge in [-0.05, 0) is 25.0 Å². The van der Waals surface area contributed by atoms with Crippen LogP contribution in [0.2, 0.25) is 0 Å². The number of aromatic amines is 1. The summed E-state index contributed by atoms with van der Waals surface area (Å²) < 4.78 is 44.7. The van der Waals surface area contributed by atoms with Crippen LogP contribution in [0.4, 0.5) is 5.95 Å². The number of pyridine rings is 2. The van der Waals surface area contributed by atoms with Gasteiger partial charge < -0.3 is 83.0 Å². The van der Waals surface area contributed by atoms with Gasteiger partial charge >= 0.3 is 7.82 Å². The number of hydrogen-bond donors (Lipinski definition) is 5. The number of aliphatic hydroxyl groups is 2. The van der Waals surface area contributed by atoms with Gasteiger partial charge in [-0.15, -0.1) is 0 Å². The fourth-order valence-electron chi connectivity index (χ4n) is 5.47. The van der Waals surface area contributed by atoms with E-state index in [1.54, 1.807) is 43.2 Å². The number of carbonyl (C=O) groups is 1. The number of aromatic nitrogens is 6. The van der Waals surface area contributed by atoms with E-state index in [9.17, 15) is 29.3 Å². The van der Waals surface area contributed by atoms with E-state index in [2.05, 4.69) is 15.0 Å². The Morgan fingerprint density at radius 2 is 1.85 bits per heavy atom. The van der Waals surface area contributed by atoms with Crippen molar-refractivity contribution >= 4 is 31.2 Å². The Kier molecular flexibility index (Phi) is 16.8. The first-order valence-electron chi connectivity index (χ1n) is 16.0. The summed E-state index contributed by atoms with van der Waals surface area (Å²) in [5, 5.41) is 21.1.